The summed E-state index contributed by atoms with van der Waals surface area (Å²) in [7, 11) is 0. The molecule has 0 atom stereocenters. The molecule has 0 N–H and O–H groups in total. The third-order valence-corrected chi connectivity index (χ3v) is 2.51. The third-order valence-electron chi connectivity index (χ3n) is 2.51. The van der Waals surface area contributed by atoms with E-state index in [1.807, 2.05) is 0 Å². The first-order chi connectivity index (χ1) is 8.41. The molecule has 1 aromatic carbocycles. The van der Waals surface area contributed by atoms with Gasteiger partial charge in [0, 0.05) is 6.07 Å². The van der Waals surface area contributed by atoms with Crippen LogP contribution in [0.15, 0.2) is 18.2 Å². The van der Waals surface area contributed by atoms with E-state index in [-0.39, 0.29) is 17.0 Å². The van der Waals surface area contributed by atoms with Crippen LogP contribution in [0.5, 0.6) is 5.75 Å². The Balaban J connectivity index is 2.87. The maximum Gasteiger partial charge on any atom is 0.280 e. The van der Waals surface area contributed by atoms with E-state index in [0.717, 1.165) is 6.42 Å². The lowest BCUT2D eigenvalue weighted by Gasteiger charge is -2.09. The second-order valence-corrected chi connectivity index (χ2v) is 4.52. The summed E-state index contributed by atoms with van der Waals surface area (Å²) in [5.41, 5.74) is -0.0965. The molecule has 0 bridgehead atoms. The van der Waals surface area contributed by atoms with Gasteiger partial charge in [0.15, 0.2) is 5.78 Å². The molecule has 98 valence electrons. The normalized spacial score (nSPS) is 10.4. The van der Waals surface area contributed by atoms with Crippen molar-refractivity contribution >= 4 is 11.5 Å². The van der Waals surface area contributed by atoms with Crippen molar-refractivity contribution in [2.24, 2.45) is 5.92 Å². The molecule has 0 saturated carbocycles. The number of ketones is 1. The molecule has 0 aliphatic heterocycles. The molecule has 0 saturated heterocycles. The smallest absolute Gasteiger partial charge is 0.280 e. The van der Waals surface area contributed by atoms with Gasteiger partial charge in [-0.15, -0.1) is 0 Å². The van der Waals surface area contributed by atoms with Gasteiger partial charge in [-0.05, 0) is 31.4 Å². The lowest BCUT2D eigenvalue weighted by atomic mass is 10.1. The highest BCUT2D eigenvalue weighted by molar-refractivity contribution is 5.98. The van der Waals surface area contributed by atoms with E-state index in [0.29, 0.717) is 18.3 Å². The van der Waals surface area contributed by atoms with Gasteiger partial charge in [-0.2, -0.15) is 0 Å². The number of nitro groups is 1. The summed E-state index contributed by atoms with van der Waals surface area (Å²) in [6, 6.07) is 4.26. The van der Waals surface area contributed by atoms with Crippen LogP contribution in [0.2, 0.25) is 0 Å². The van der Waals surface area contributed by atoms with E-state index in [4.69, 9.17) is 4.74 Å². The Morgan fingerprint density at radius 1 is 1.44 bits per heavy atom. The second-order valence-electron chi connectivity index (χ2n) is 4.52. The Hall–Kier alpha value is -1.91. The molecule has 18 heavy (non-hydrogen) atoms. The summed E-state index contributed by atoms with van der Waals surface area (Å²) >= 11 is 0. The lowest BCUT2D eigenvalue weighted by molar-refractivity contribution is -0.385. The van der Waals surface area contributed by atoms with Crippen molar-refractivity contribution in [3.8, 4) is 5.75 Å². The van der Waals surface area contributed by atoms with E-state index < -0.39 is 4.92 Å². The Morgan fingerprint density at radius 3 is 2.61 bits per heavy atom. The summed E-state index contributed by atoms with van der Waals surface area (Å²) in [4.78, 5) is 21.5. The second kappa shape index (κ2) is 6.14. The van der Waals surface area contributed by atoms with Crippen molar-refractivity contribution < 1.29 is 14.5 Å². The van der Waals surface area contributed by atoms with Crippen molar-refractivity contribution in [2.75, 3.05) is 6.61 Å². The van der Waals surface area contributed by atoms with Crippen molar-refractivity contribution in [3.05, 3.63) is 33.9 Å². The van der Waals surface area contributed by atoms with Crippen LogP contribution >= 0.6 is 0 Å². The largest absolute Gasteiger partial charge is 0.494 e. The van der Waals surface area contributed by atoms with Gasteiger partial charge in [0.2, 0.25) is 0 Å². The maximum atomic E-state index is 11.3. The summed E-state index contributed by atoms with van der Waals surface area (Å²) in [5.74, 6) is 0.679. The van der Waals surface area contributed by atoms with E-state index in [1.165, 1.54) is 25.1 Å². The van der Waals surface area contributed by atoms with Gasteiger partial charge in [0.25, 0.3) is 5.69 Å². The summed E-state index contributed by atoms with van der Waals surface area (Å²) in [5, 5.41) is 10.8. The van der Waals surface area contributed by atoms with Gasteiger partial charge in [-0.25, -0.2) is 0 Å². The number of rotatable bonds is 6. The molecular formula is C13H17NO4. The SMILES string of the molecule is CC(=O)c1cc(OCCC(C)C)ccc1[N+](=O)[O-]. The molecule has 0 fully saturated rings. The van der Waals surface area contributed by atoms with Crippen LogP contribution in [0, 0.1) is 16.0 Å². The summed E-state index contributed by atoms with van der Waals surface area (Å²) in [6.07, 6.45) is 0.895. The van der Waals surface area contributed by atoms with Crippen LogP contribution in [-0.4, -0.2) is 17.3 Å². The van der Waals surface area contributed by atoms with Crippen molar-refractivity contribution in [1.29, 1.82) is 0 Å². The first-order valence-electron chi connectivity index (χ1n) is 5.84. The van der Waals surface area contributed by atoms with Gasteiger partial charge >= 0.3 is 0 Å². The first kappa shape index (κ1) is 14.2. The minimum atomic E-state index is -0.561. The predicted molar refractivity (Wildman–Crippen MR) is 68.1 cm³/mol. The topological polar surface area (TPSA) is 69.4 Å². The fraction of sp³-hybridized carbons (Fsp3) is 0.462. The summed E-state index contributed by atoms with van der Waals surface area (Å²) in [6.45, 7) is 6.01. The maximum absolute atomic E-state index is 11.3. The number of Topliss-reactive ketones (excluding diaryl/α,β-unsaturated/α-hetero) is 1. The first-order valence-corrected chi connectivity index (χ1v) is 5.84. The van der Waals surface area contributed by atoms with Crippen LogP contribution in [0.3, 0.4) is 0 Å². The van der Waals surface area contributed by atoms with Crippen molar-refractivity contribution in [2.45, 2.75) is 27.2 Å². The Bertz CT molecular complexity index is 454. The van der Waals surface area contributed by atoms with E-state index >= 15 is 0 Å². The number of nitro benzene ring substituents is 1. The minimum Gasteiger partial charge on any atom is -0.494 e. The molecule has 5 nitrogen and oxygen atoms in total. The van der Waals surface area contributed by atoms with Crippen molar-refractivity contribution in [1.82, 2.24) is 0 Å². The van der Waals surface area contributed by atoms with Gasteiger partial charge < -0.3 is 4.74 Å². The van der Waals surface area contributed by atoms with Crippen LogP contribution < -0.4 is 4.74 Å². The van der Waals surface area contributed by atoms with Crippen molar-refractivity contribution in [3.63, 3.8) is 0 Å². The van der Waals surface area contributed by atoms with Crippen LogP contribution in [0.25, 0.3) is 0 Å². The summed E-state index contributed by atoms with van der Waals surface area (Å²) < 4.78 is 5.47. The fourth-order valence-corrected chi connectivity index (χ4v) is 1.46. The monoisotopic (exact) mass is 251 g/mol. The molecule has 0 aliphatic carbocycles. The molecular weight excluding hydrogens is 234 g/mol. The number of hydrogen-bond donors (Lipinski definition) is 0. The number of nitrogens with zero attached hydrogens (tertiary/aromatic N) is 1. The Kier molecular flexibility index (Phi) is 4.83. The molecule has 0 aliphatic rings. The highest BCUT2D eigenvalue weighted by Gasteiger charge is 2.17. The number of carbonyl (C=O) groups is 1. The Morgan fingerprint density at radius 2 is 2.11 bits per heavy atom. The quantitative estimate of drug-likeness (QED) is 0.442. The minimum absolute atomic E-state index is 0.0852. The molecule has 0 heterocycles. The zero-order valence-electron chi connectivity index (χ0n) is 10.8. The van der Waals surface area contributed by atoms with E-state index in [9.17, 15) is 14.9 Å². The third kappa shape index (κ3) is 3.84. The molecule has 0 aromatic heterocycles. The van der Waals surface area contributed by atoms with Crippen LogP contribution in [-0.2, 0) is 0 Å². The van der Waals surface area contributed by atoms with Crippen LogP contribution in [0.1, 0.15) is 37.6 Å². The Labute approximate surface area is 106 Å². The molecule has 1 rings (SSSR count). The van der Waals surface area contributed by atoms with Gasteiger partial charge in [0.05, 0.1) is 17.1 Å². The fourth-order valence-electron chi connectivity index (χ4n) is 1.46. The average Bonchev–Trinajstić information content (AvgIpc) is 2.28. The predicted octanol–water partition coefficient (Wildman–Crippen LogP) is 3.22. The zero-order chi connectivity index (χ0) is 13.7. The van der Waals surface area contributed by atoms with Gasteiger partial charge in [0.1, 0.15) is 5.75 Å². The van der Waals surface area contributed by atoms with Gasteiger partial charge in [-0.3, -0.25) is 14.9 Å². The number of carbonyl (C=O) groups excluding carboxylic acids is 1. The number of ether oxygens (including phenoxy) is 1. The lowest BCUT2D eigenvalue weighted by Crippen LogP contribution is -2.04. The standard InChI is InChI=1S/C13H17NO4/c1-9(2)6-7-18-11-4-5-13(14(16)17)12(8-11)10(3)15/h4-5,8-9H,6-7H2,1-3H3. The van der Waals surface area contributed by atoms with E-state index in [2.05, 4.69) is 13.8 Å². The highest BCUT2D eigenvalue weighted by Crippen LogP contribution is 2.24. The molecule has 0 unspecified atom stereocenters. The molecule has 1 aromatic rings. The van der Waals surface area contributed by atoms with E-state index in [1.54, 1.807) is 0 Å². The number of benzene rings is 1. The molecule has 0 radical (unpaired) electrons. The number of hydrogen-bond acceptors (Lipinski definition) is 4. The zero-order valence-corrected chi connectivity index (χ0v) is 10.8. The molecule has 0 amide bonds. The van der Waals surface area contributed by atoms with Crippen LogP contribution in [0.4, 0.5) is 5.69 Å². The highest BCUT2D eigenvalue weighted by atomic mass is 16.6. The average molecular weight is 251 g/mol. The van der Waals surface area contributed by atoms with Gasteiger partial charge in [-0.1, -0.05) is 13.8 Å². The molecule has 0 spiro atoms. The molecule has 5 heteroatoms.